The van der Waals surface area contributed by atoms with Crippen LogP contribution in [0.5, 0.6) is 11.5 Å². The molecule has 0 spiro atoms. The van der Waals surface area contributed by atoms with Crippen molar-refractivity contribution in [3.05, 3.63) is 59.2 Å². The average Bonchev–Trinajstić information content (AvgIpc) is 3.07. The lowest BCUT2D eigenvalue weighted by Crippen LogP contribution is -2.56. The van der Waals surface area contributed by atoms with E-state index in [1.807, 2.05) is 30.3 Å². The van der Waals surface area contributed by atoms with E-state index in [-0.39, 0.29) is 35.1 Å². The van der Waals surface area contributed by atoms with Crippen LogP contribution in [0.2, 0.25) is 0 Å². The minimum Gasteiger partial charge on any atom is -0.493 e. The molecule has 0 aromatic heterocycles. The van der Waals surface area contributed by atoms with Crippen LogP contribution in [0, 0.1) is 11.8 Å². The number of likely N-dealkylation sites (tertiary alicyclic amines) is 1. The van der Waals surface area contributed by atoms with Crippen molar-refractivity contribution in [2.75, 3.05) is 27.3 Å². The molecule has 3 atom stereocenters. The van der Waals surface area contributed by atoms with E-state index in [1.165, 1.54) is 5.56 Å². The molecule has 266 valence electrons. The second-order valence-corrected chi connectivity index (χ2v) is 15.6. The number of ether oxygens (including phenoxy) is 3. The van der Waals surface area contributed by atoms with Crippen molar-refractivity contribution in [3.8, 4) is 11.5 Å². The van der Waals surface area contributed by atoms with Gasteiger partial charge >= 0.3 is 6.09 Å². The van der Waals surface area contributed by atoms with Crippen molar-refractivity contribution >= 4 is 23.6 Å². The Labute approximate surface area is 291 Å². The quantitative estimate of drug-likeness (QED) is 0.343. The number of nitrogens with one attached hydrogen (secondary N) is 1. The molecule has 10 heteroatoms. The Morgan fingerprint density at radius 1 is 0.878 bits per heavy atom. The smallest absolute Gasteiger partial charge is 0.408 e. The van der Waals surface area contributed by atoms with Gasteiger partial charge in [-0.2, -0.15) is 5.10 Å². The Balaban J connectivity index is 1.33. The minimum absolute atomic E-state index is 0.00676. The summed E-state index contributed by atoms with van der Waals surface area (Å²) in [4.78, 5) is 42.7. The number of carbonyl (C=O) groups excluding carboxylic acids is 3. The van der Waals surface area contributed by atoms with E-state index >= 15 is 0 Å². The van der Waals surface area contributed by atoms with Crippen LogP contribution >= 0.6 is 0 Å². The number of nitrogens with zero attached hydrogens (tertiary/aromatic N) is 3. The van der Waals surface area contributed by atoms with Crippen molar-refractivity contribution < 1.29 is 28.6 Å². The number of alkyl carbamates (subject to hydrolysis) is 1. The first kappa shape index (κ1) is 36.2. The summed E-state index contributed by atoms with van der Waals surface area (Å²) in [5.74, 6) is 1.16. The van der Waals surface area contributed by atoms with Gasteiger partial charge in [-0.25, -0.2) is 9.80 Å². The van der Waals surface area contributed by atoms with Crippen LogP contribution in [0.3, 0.4) is 0 Å². The highest BCUT2D eigenvalue weighted by Gasteiger charge is 2.44. The molecule has 0 unspecified atom stereocenters. The first-order valence-corrected chi connectivity index (χ1v) is 17.7. The van der Waals surface area contributed by atoms with Crippen LogP contribution in [0.15, 0.2) is 47.6 Å². The molecule has 1 saturated heterocycles. The molecule has 2 aliphatic heterocycles. The molecule has 0 radical (unpaired) electrons. The summed E-state index contributed by atoms with van der Waals surface area (Å²) in [6.45, 7) is 12.8. The first-order chi connectivity index (χ1) is 23.2. The summed E-state index contributed by atoms with van der Waals surface area (Å²) in [5, 5.41) is 9.63. The van der Waals surface area contributed by atoms with Crippen LogP contribution in [-0.4, -0.2) is 78.5 Å². The standard InChI is InChI=1S/C39H54N4O6/c1-38(2,3)27-16-13-25(14-17-27)23-31(40-37(46)49-39(4,5)6)36(45)42-21-19-28(20-22-42)43-35(44)30-12-10-9-11-29(30)34(41-43)26-15-18-32(47-7)33(24-26)48-8/h13-18,24,28-31H,9-12,19-23H2,1-8H3,(H,40,46)/t29-,30+,31+/m0/s1. The fourth-order valence-electron chi connectivity index (χ4n) is 7.27. The maximum atomic E-state index is 14.0. The zero-order valence-corrected chi connectivity index (χ0v) is 30.5. The summed E-state index contributed by atoms with van der Waals surface area (Å²) in [6, 6.07) is 13.1. The summed E-state index contributed by atoms with van der Waals surface area (Å²) >= 11 is 0. The Kier molecular flexibility index (Phi) is 10.9. The Bertz CT molecular complexity index is 1530. The molecule has 3 aliphatic rings. The number of hydrazone groups is 1. The zero-order chi connectivity index (χ0) is 35.5. The number of amides is 3. The van der Waals surface area contributed by atoms with Crippen LogP contribution < -0.4 is 14.8 Å². The van der Waals surface area contributed by atoms with Gasteiger partial charge in [0.1, 0.15) is 11.6 Å². The molecule has 2 aromatic carbocycles. The molecule has 1 aliphatic carbocycles. The van der Waals surface area contributed by atoms with Gasteiger partial charge in [0, 0.05) is 36.9 Å². The zero-order valence-electron chi connectivity index (χ0n) is 30.5. The lowest BCUT2D eigenvalue weighted by Gasteiger charge is -2.43. The maximum absolute atomic E-state index is 14.0. The predicted octanol–water partition coefficient (Wildman–Crippen LogP) is 6.48. The van der Waals surface area contributed by atoms with Gasteiger partial charge < -0.3 is 24.4 Å². The van der Waals surface area contributed by atoms with Crippen molar-refractivity contribution in [2.45, 2.75) is 110 Å². The van der Waals surface area contributed by atoms with Gasteiger partial charge in [-0.3, -0.25) is 9.59 Å². The van der Waals surface area contributed by atoms with E-state index in [0.29, 0.717) is 43.9 Å². The molecule has 2 fully saturated rings. The molecule has 5 rings (SSSR count). The Morgan fingerprint density at radius 3 is 2.10 bits per heavy atom. The number of rotatable bonds is 8. The van der Waals surface area contributed by atoms with Gasteiger partial charge in [-0.1, -0.05) is 57.9 Å². The summed E-state index contributed by atoms with van der Waals surface area (Å²) in [5.41, 5.74) is 3.32. The highest BCUT2D eigenvalue weighted by atomic mass is 16.6. The third-order valence-electron chi connectivity index (χ3n) is 9.93. The van der Waals surface area contributed by atoms with Crippen molar-refractivity contribution in [2.24, 2.45) is 16.9 Å². The number of fused-ring (bicyclic) bond motifs is 1. The lowest BCUT2D eigenvalue weighted by molar-refractivity contribution is -0.143. The van der Waals surface area contributed by atoms with Crippen molar-refractivity contribution in [3.63, 3.8) is 0 Å². The van der Waals surface area contributed by atoms with Crippen molar-refractivity contribution in [1.82, 2.24) is 15.2 Å². The van der Waals surface area contributed by atoms with E-state index in [9.17, 15) is 14.4 Å². The number of hydrogen-bond acceptors (Lipinski definition) is 7. The second kappa shape index (κ2) is 14.8. The molecule has 3 amide bonds. The van der Waals surface area contributed by atoms with Gasteiger partial charge in [0.05, 0.1) is 26.0 Å². The van der Waals surface area contributed by atoms with Gasteiger partial charge in [0.15, 0.2) is 11.5 Å². The maximum Gasteiger partial charge on any atom is 0.408 e. The predicted molar refractivity (Wildman–Crippen MR) is 190 cm³/mol. The summed E-state index contributed by atoms with van der Waals surface area (Å²) in [6.07, 6.45) is 4.78. The van der Waals surface area contributed by atoms with Gasteiger partial charge in [-0.05, 0) is 81.2 Å². The number of carbonyl (C=O) groups is 3. The normalized spacial score (nSPS) is 21.0. The molecule has 0 bridgehead atoms. The van der Waals surface area contributed by atoms with Crippen LogP contribution in [0.1, 0.15) is 96.8 Å². The number of benzene rings is 2. The summed E-state index contributed by atoms with van der Waals surface area (Å²) in [7, 11) is 3.24. The molecule has 2 aromatic rings. The average molecular weight is 675 g/mol. The van der Waals surface area contributed by atoms with Crippen LogP contribution in [0.25, 0.3) is 0 Å². The minimum atomic E-state index is -0.791. The van der Waals surface area contributed by atoms with Crippen LogP contribution in [-0.2, 0) is 26.2 Å². The third kappa shape index (κ3) is 8.57. The molecular formula is C39H54N4O6. The van der Waals surface area contributed by atoms with E-state index in [4.69, 9.17) is 19.3 Å². The Hall–Kier alpha value is -4.08. The molecule has 1 N–H and O–H groups in total. The molecule has 49 heavy (non-hydrogen) atoms. The SMILES string of the molecule is COc1ccc(C2=NN(C3CCN(C(=O)[C@@H](Cc4ccc(C(C)(C)C)cc4)NC(=O)OC(C)(C)C)CC3)C(=O)[C@@H]3CCCC[C@H]23)cc1OC. The van der Waals surface area contributed by atoms with Gasteiger partial charge in [-0.15, -0.1) is 0 Å². The number of methoxy groups -OCH3 is 2. The second-order valence-electron chi connectivity index (χ2n) is 15.6. The molecular weight excluding hydrogens is 620 g/mol. The largest absolute Gasteiger partial charge is 0.493 e. The highest BCUT2D eigenvalue weighted by Crippen LogP contribution is 2.40. The van der Waals surface area contributed by atoms with Gasteiger partial charge in [0.25, 0.3) is 0 Å². The molecule has 1 saturated carbocycles. The van der Waals surface area contributed by atoms with E-state index < -0.39 is 17.7 Å². The number of hydrogen-bond donors (Lipinski definition) is 1. The van der Waals surface area contributed by atoms with Crippen molar-refractivity contribution in [1.29, 1.82) is 0 Å². The third-order valence-corrected chi connectivity index (χ3v) is 9.93. The molecule has 10 nitrogen and oxygen atoms in total. The topological polar surface area (TPSA) is 110 Å². The van der Waals surface area contributed by atoms with E-state index in [1.54, 1.807) is 44.9 Å². The first-order valence-electron chi connectivity index (χ1n) is 17.7. The number of piperidine rings is 1. The fourth-order valence-corrected chi connectivity index (χ4v) is 7.27. The van der Waals surface area contributed by atoms with E-state index in [0.717, 1.165) is 42.5 Å². The highest BCUT2D eigenvalue weighted by molar-refractivity contribution is 6.07. The molecule has 2 heterocycles. The Morgan fingerprint density at radius 2 is 1.51 bits per heavy atom. The lowest BCUT2D eigenvalue weighted by atomic mass is 9.73. The summed E-state index contributed by atoms with van der Waals surface area (Å²) < 4.78 is 16.6. The van der Waals surface area contributed by atoms with Crippen LogP contribution in [0.4, 0.5) is 4.79 Å². The van der Waals surface area contributed by atoms with Gasteiger partial charge in [0.2, 0.25) is 11.8 Å². The van der Waals surface area contributed by atoms with E-state index in [2.05, 4.69) is 38.2 Å². The fraction of sp³-hybridized carbons (Fsp3) is 0.590. The monoisotopic (exact) mass is 674 g/mol.